The van der Waals surface area contributed by atoms with E-state index in [0.29, 0.717) is 6.54 Å². The minimum Gasteiger partial charge on any atom is -0.462 e. The van der Waals surface area contributed by atoms with Crippen LogP contribution in [0.15, 0.2) is 0 Å². The molecule has 0 N–H and O–H groups in total. The van der Waals surface area contributed by atoms with Crippen LogP contribution >= 0.6 is 0 Å². The first-order valence-corrected chi connectivity index (χ1v) is 6.66. The third-order valence-electron chi connectivity index (χ3n) is 1.95. The highest BCUT2D eigenvalue weighted by atomic mass is 16.6. The van der Waals surface area contributed by atoms with E-state index in [0.717, 1.165) is 0 Å². The summed E-state index contributed by atoms with van der Waals surface area (Å²) in [4.78, 5) is 25.0. The number of carbonyl (C=O) groups is 2. The monoisotopic (exact) mass is 273 g/mol. The van der Waals surface area contributed by atoms with Crippen molar-refractivity contribution in [3.05, 3.63) is 0 Å². The average Bonchev–Trinajstić information content (AvgIpc) is 2.11. The van der Waals surface area contributed by atoms with E-state index in [1.165, 1.54) is 4.90 Å². The van der Waals surface area contributed by atoms with Crippen molar-refractivity contribution in [2.24, 2.45) is 5.41 Å². The van der Waals surface area contributed by atoms with E-state index < -0.39 is 12.1 Å². The van der Waals surface area contributed by atoms with Crippen molar-refractivity contribution in [3.63, 3.8) is 0 Å². The third-order valence-corrected chi connectivity index (χ3v) is 1.95. The summed E-state index contributed by atoms with van der Waals surface area (Å²) in [5.41, 5.74) is -0.117. The maximum absolute atomic E-state index is 11.9. The van der Waals surface area contributed by atoms with E-state index >= 15 is 0 Å². The lowest BCUT2D eigenvalue weighted by Crippen LogP contribution is -2.42. The quantitative estimate of drug-likeness (QED) is 0.723. The predicted molar refractivity (Wildman–Crippen MR) is 73.9 cm³/mol. The molecule has 0 saturated heterocycles. The van der Waals surface area contributed by atoms with Crippen molar-refractivity contribution in [2.75, 3.05) is 13.1 Å². The molecular formula is C14H27NO4. The number of ether oxygens (including phenoxy) is 2. The normalized spacial score (nSPS) is 11.6. The highest BCUT2D eigenvalue weighted by molar-refractivity contribution is 5.78. The molecule has 0 spiro atoms. The van der Waals surface area contributed by atoms with Gasteiger partial charge in [0.1, 0.15) is 6.54 Å². The van der Waals surface area contributed by atoms with Crippen LogP contribution in [0.5, 0.6) is 0 Å². The zero-order valence-corrected chi connectivity index (χ0v) is 13.1. The second kappa shape index (κ2) is 7.36. The van der Waals surface area contributed by atoms with Crippen LogP contribution in [-0.4, -0.2) is 42.3 Å². The molecule has 0 radical (unpaired) electrons. The van der Waals surface area contributed by atoms with Crippen molar-refractivity contribution in [1.29, 1.82) is 0 Å². The number of rotatable bonds is 5. The Bertz CT molecular complexity index is 305. The summed E-state index contributed by atoms with van der Waals surface area (Å²) in [5.74, 6) is -0.417. The number of amides is 1. The highest BCUT2D eigenvalue weighted by Gasteiger charge is 2.25. The predicted octanol–water partition coefficient (Wildman–Crippen LogP) is 2.83. The third kappa shape index (κ3) is 9.33. The molecule has 0 saturated carbocycles. The molecule has 0 aliphatic rings. The van der Waals surface area contributed by atoms with Crippen molar-refractivity contribution < 1.29 is 19.1 Å². The smallest absolute Gasteiger partial charge is 0.410 e. The Kier molecular flexibility index (Phi) is 6.87. The van der Waals surface area contributed by atoms with E-state index in [1.807, 2.05) is 20.8 Å². The Hall–Kier alpha value is -1.26. The van der Waals surface area contributed by atoms with Gasteiger partial charge in [0.2, 0.25) is 0 Å². The SMILES string of the molecule is CC(C)OC(=O)CN(CC(C)(C)C)C(=O)OC(C)C. The molecule has 0 aliphatic carbocycles. The molecule has 0 heterocycles. The average molecular weight is 273 g/mol. The second-order valence-electron chi connectivity index (χ2n) is 6.39. The molecule has 0 unspecified atom stereocenters. The van der Waals surface area contributed by atoms with E-state index in [-0.39, 0.29) is 24.2 Å². The maximum atomic E-state index is 11.9. The van der Waals surface area contributed by atoms with Crippen LogP contribution in [0.3, 0.4) is 0 Å². The van der Waals surface area contributed by atoms with Gasteiger partial charge in [0.25, 0.3) is 0 Å². The molecule has 0 aromatic carbocycles. The van der Waals surface area contributed by atoms with Crippen molar-refractivity contribution in [3.8, 4) is 0 Å². The van der Waals surface area contributed by atoms with Gasteiger partial charge in [-0.15, -0.1) is 0 Å². The molecular weight excluding hydrogens is 246 g/mol. The summed E-state index contributed by atoms with van der Waals surface area (Å²) in [6.07, 6.45) is -0.883. The number of carbonyl (C=O) groups excluding carboxylic acids is 2. The summed E-state index contributed by atoms with van der Waals surface area (Å²) in [7, 11) is 0. The standard InChI is InChI=1S/C14H27NO4/c1-10(2)18-12(16)8-15(9-14(5,6)7)13(17)19-11(3)4/h10-11H,8-9H2,1-7H3. The van der Waals surface area contributed by atoms with Crippen LogP contribution < -0.4 is 0 Å². The molecule has 0 bridgehead atoms. The molecule has 0 aromatic heterocycles. The molecule has 0 aromatic rings. The van der Waals surface area contributed by atoms with E-state index in [2.05, 4.69) is 0 Å². The molecule has 0 rings (SSSR count). The van der Waals surface area contributed by atoms with Gasteiger partial charge < -0.3 is 9.47 Å². The van der Waals surface area contributed by atoms with Gasteiger partial charge in [0, 0.05) is 6.54 Å². The topological polar surface area (TPSA) is 55.8 Å². The second-order valence-corrected chi connectivity index (χ2v) is 6.39. The Labute approximate surface area is 116 Å². The Morgan fingerprint density at radius 1 is 1.00 bits per heavy atom. The van der Waals surface area contributed by atoms with Gasteiger partial charge in [0.15, 0.2) is 0 Å². The summed E-state index contributed by atoms with van der Waals surface area (Å²) in [5, 5.41) is 0. The summed E-state index contributed by atoms with van der Waals surface area (Å²) < 4.78 is 10.2. The fraction of sp³-hybridized carbons (Fsp3) is 0.857. The number of hydrogen-bond donors (Lipinski definition) is 0. The lowest BCUT2D eigenvalue weighted by Gasteiger charge is -2.29. The molecule has 19 heavy (non-hydrogen) atoms. The number of nitrogens with zero attached hydrogens (tertiary/aromatic N) is 1. The molecule has 1 amide bonds. The summed E-state index contributed by atoms with van der Waals surface area (Å²) >= 11 is 0. The van der Waals surface area contributed by atoms with E-state index in [9.17, 15) is 9.59 Å². The zero-order chi connectivity index (χ0) is 15.2. The van der Waals surface area contributed by atoms with Gasteiger partial charge in [-0.25, -0.2) is 4.79 Å². The van der Waals surface area contributed by atoms with Gasteiger partial charge in [-0.05, 0) is 33.1 Å². The molecule has 0 aliphatic heterocycles. The minimum atomic E-state index is -0.481. The fourth-order valence-electron chi connectivity index (χ4n) is 1.49. The maximum Gasteiger partial charge on any atom is 0.410 e. The fourth-order valence-corrected chi connectivity index (χ4v) is 1.49. The van der Waals surface area contributed by atoms with Crippen LogP contribution in [-0.2, 0) is 14.3 Å². The largest absolute Gasteiger partial charge is 0.462 e. The zero-order valence-electron chi connectivity index (χ0n) is 13.1. The van der Waals surface area contributed by atoms with Gasteiger partial charge in [-0.1, -0.05) is 20.8 Å². The minimum absolute atomic E-state index is 0.0823. The van der Waals surface area contributed by atoms with Gasteiger partial charge in [0.05, 0.1) is 12.2 Å². The summed E-state index contributed by atoms with van der Waals surface area (Å²) in [6.45, 7) is 13.5. The van der Waals surface area contributed by atoms with Crippen molar-refractivity contribution in [2.45, 2.75) is 60.7 Å². The Morgan fingerprint density at radius 2 is 1.47 bits per heavy atom. The van der Waals surface area contributed by atoms with Crippen molar-refractivity contribution >= 4 is 12.1 Å². The van der Waals surface area contributed by atoms with E-state index in [4.69, 9.17) is 9.47 Å². The van der Waals surface area contributed by atoms with Crippen LogP contribution in [0.1, 0.15) is 48.5 Å². The molecule has 5 heteroatoms. The van der Waals surface area contributed by atoms with Gasteiger partial charge >= 0.3 is 12.1 Å². The van der Waals surface area contributed by atoms with Crippen LogP contribution in [0.4, 0.5) is 4.79 Å². The highest BCUT2D eigenvalue weighted by Crippen LogP contribution is 2.16. The van der Waals surface area contributed by atoms with Crippen LogP contribution in [0.2, 0.25) is 0 Å². The van der Waals surface area contributed by atoms with Crippen molar-refractivity contribution in [1.82, 2.24) is 4.90 Å². The van der Waals surface area contributed by atoms with Crippen LogP contribution in [0, 0.1) is 5.41 Å². The first kappa shape index (κ1) is 17.7. The number of esters is 1. The van der Waals surface area contributed by atoms with Crippen LogP contribution in [0.25, 0.3) is 0 Å². The lowest BCUT2D eigenvalue weighted by atomic mass is 9.96. The summed E-state index contributed by atoms with van der Waals surface area (Å²) in [6, 6.07) is 0. The van der Waals surface area contributed by atoms with Gasteiger partial charge in [-0.3, -0.25) is 9.69 Å². The molecule has 112 valence electrons. The first-order valence-electron chi connectivity index (χ1n) is 6.66. The molecule has 0 fully saturated rings. The molecule has 0 atom stereocenters. The first-order chi connectivity index (χ1) is 8.51. The number of hydrogen-bond acceptors (Lipinski definition) is 4. The Balaban J connectivity index is 4.67. The Morgan fingerprint density at radius 3 is 1.84 bits per heavy atom. The lowest BCUT2D eigenvalue weighted by molar-refractivity contribution is -0.148. The van der Waals surface area contributed by atoms with Gasteiger partial charge in [-0.2, -0.15) is 0 Å². The van der Waals surface area contributed by atoms with E-state index in [1.54, 1.807) is 27.7 Å². The molecule has 5 nitrogen and oxygen atoms in total.